The van der Waals surface area contributed by atoms with Crippen molar-refractivity contribution >= 4 is 28.3 Å². The number of rotatable bonds is 9. The van der Waals surface area contributed by atoms with Gasteiger partial charge in [-0.25, -0.2) is 4.98 Å². The van der Waals surface area contributed by atoms with E-state index in [4.69, 9.17) is 0 Å². The summed E-state index contributed by atoms with van der Waals surface area (Å²) in [6.45, 7) is 6.86. The topological polar surface area (TPSA) is 74.3 Å². The van der Waals surface area contributed by atoms with E-state index in [0.717, 1.165) is 63.0 Å². The first-order chi connectivity index (χ1) is 14.5. The van der Waals surface area contributed by atoms with Crippen molar-refractivity contribution in [3.05, 3.63) is 35.2 Å². The quantitative estimate of drug-likeness (QED) is 0.590. The molecule has 2 amide bonds. The summed E-state index contributed by atoms with van der Waals surface area (Å²) in [5, 5.41) is 8.55. The molecule has 3 rings (SSSR count). The lowest BCUT2D eigenvalue weighted by atomic mass is 9.96. The second-order valence-corrected chi connectivity index (χ2v) is 8.86. The molecule has 0 spiro atoms. The Labute approximate surface area is 183 Å². The fraction of sp³-hybridized carbons (Fsp3) is 0.522. The number of hydrogen-bond acceptors (Lipinski definition) is 5. The maximum atomic E-state index is 12.4. The zero-order chi connectivity index (χ0) is 21.3. The Hall–Kier alpha value is -2.25. The molecule has 1 aromatic heterocycles. The Morgan fingerprint density at radius 1 is 1.17 bits per heavy atom. The molecule has 6 nitrogen and oxygen atoms in total. The van der Waals surface area contributed by atoms with Crippen molar-refractivity contribution in [2.45, 2.75) is 46.0 Å². The maximum absolute atomic E-state index is 12.4. The summed E-state index contributed by atoms with van der Waals surface area (Å²) in [5.74, 6) is 0.186. The van der Waals surface area contributed by atoms with Crippen molar-refractivity contribution in [1.29, 1.82) is 0 Å². The second kappa shape index (κ2) is 11.2. The van der Waals surface area contributed by atoms with Gasteiger partial charge >= 0.3 is 0 Å². The van der Waals surface area contributed by atoms with Crippen LogP contribution in [0.2, 0.25) is 0 Å². The SMILES string of the molecule is CCCCCNC(=O)C1CCN(CC(=O)Nc2nc(-c3ccc(C)cc3)cs2)CC1. The lowest BCUT2D eigenvalue weighted by molar-refractivity contribution is -0.126. The minimum Gasteiger partial charge on any atom is -0.356 e. The number of hydrogen-bond donors (Lipinski definition) is 2. The summed E-state index contributed by atoms with van der Waals surface area (Å²) in [6.07, 6.45) is 4.97. The van der Waals surface area contributed by atoms with Crippen LogP contribution in [0.5, 0.6) is 0 Å². The first-order valence-corrected chi connectivity index (χ1v) is 11.8. The molecule has 0 bridgehead atoms. The molecule has 1 aliphatic heterocycles. The third kappa shape index (κ3) is 6.64. The summed E-state index contributed by atoms with van der Waals surface area (Å²) in [7, 11) is 0. The summed E-state index contributed by atoms with van der Waals surface area (Å²) in [4.78, 5) is 31.3. The van der Waals surface area contributed by atoms with Crippen LogP contribution in [0.1, 0.15) is 44.6 Å². The Morgan fingerprint density at radius 2 is 1.90 bits per heavy atom. The molecule has 0 aliphatic carbocycles. The van der Waals surface area contributed by atoms with E-state index < -0.39 is 0 Å². The highest BCUT2D eigenvalue weighted by Gasteiger charge is 2.25. The maximum Gasteiger partial charge on any atom is 0.240 e. The number of likely N-dealkylation sites (tertiary alicyclic amines) is 1. The molecule has 1 saturated heterocycles. The van der Waals surface area contributed by atoms with Crippen LogP contribution in [0.15, 0.2) is 29.6 Å². The van der Waals surface area contributed by atoms with Gasteiger partial charge in [0.05, 0.1) is 12.2 Å². The van der Waals surface area contributed by atoms with E-state index in [9.17, 15) is 9.59 Å². The molecule has 0 saturated carbocycles. The number of nitrogens with zero attached hydrogens (tertiary/aromatic N) is 2. The van der Waals surface area contributed by atoms with Crippen LogP contribution < -0.4 is 10.6 Å². The van der Waals surface area contributed by atoms with Crippen molar-refractivity contribution in [2.75, 3.05) is 31.5 Å². The summed E-state index contributed by atoms with van der Waals surface area (Å²) >= 11 is 1.44. The summed E-state index contributed by atoms with van der Waals surface area (Å²) in [5.41, 5.74) is 3.13. The first-order valence-electron chi connectivity index (χ1n) is 10.9. The molecule has 0 radical (unpaired) electrons. The standard InChI is InChI=1S/C23H32N4O2S/c1-3-4-5-12-24-22(29)19-10-13-27(14-11-19)15-21(28)26-23-25-20(16-30-23)18-8-6-17(2)7-9-18/h6-9,16,19H,3-5,10-15H2,1-2H3,(H,24,29)(H,25,26,28). The minimum absolute atomic E-state index is 0.0535. The molecular weight excluding hydrogens is 396 g/mol. The smallest absolute Gasteiger partial charge is 0.240 e. The zero-order valence-corrected chi connectivity index (χ0v) is 18.8. The molecule has 30 heavy (non-hydrogen) atoms. The largest absolute Gasteiger partial charge is 0.356 e. The van der Waals surface area contributed by atoms with Gasteiger partial charge in [-0.2, -0.15) is 0 Å². The van der Waals surface area contributed by atoms with E-state index in [1.165, 1.54) is 16.9 Å². The van der Waals surface area contributed by atoms with Crippen LogP contribution in [-0.2, 0) is 9.59 Å². The molecule has 2 N–H and O–H groups in total. The van der Waals surface area contributed by atoms with Crippen LogP contribution in [0.3, 0.4) is 0 Å². The molecule has 2 aromatic rings. The zero-order valence-electron chi connectivity index (χ0n) is 17.9. The number of carbonyl (C=O) groups is 2. The van der Waals surface area contributed by atoms with E-state index in [1.54, 1.807) is 0 Å². The third-order valence-electron chi connectivity index (χ3n) is 5.50. The molecule has 1 aliphatic rings. The summed E-state index contributed by atoms with van der Waals surface area (Å²) < 4.78 is 0. The molecule has 162 valence electrons. The summed E-state index contributed by atoms with van der Waals surface area (Å²) in [6, 6.07) is 8.20. The van der Waals surface area contributed by atoms with Gasteiger partial charge in [0.2, 0.25) is 11.8 Å². The molecule has 1 aromatic carbocycles. The van der Waals surface area contributed by atoms with Gasteiger partial charge in [-0.3, -0.25) is 14.5 Å². The fourth-order valence-corrected chi connectivity index (χ4v) is 4.37. The molecular formula is C23H32N4O2S. The number of unbranched alkanes of at least 4 members (excludes halogenated alkanes) is 2. The van der Waals surface area contributed by atoms with Gasteiger partial charge in [0.25, 0.3) is 0 Å². The van der Waals surface area contributed by atoms with E-state index in [0.29, 0.717) is 11.7 Å². The highest BCUT2D eigenvalue weighted by molar-refractivity contribution is 7.14. The van der Waals surface area contributed by atoms with Gasteiger partial charge in [0.1, 0.15) is 0 Å². The molecule has 0 unspecified atom stereocenters. The van der Waals surface area contributed by atoms with Crippen molar-refractivity contribution in [3.63, 3.8) is 0 Å². The average Bonchev–Trinajstić information content (AvgIpc) is 3.20. The monoisotopic (exact) mass is 428 g/mol. The van der Waals surface area contributed by atoms with Crippen molar-refractivity contribution in [2.24, 2.45) is 5.92 Å². The van der Waals surface area contributed by atoms with Crippen LogP contribution in [0, 0.1) is 12.8 Å². The number of aryl methyl sites for hydroxylation is 1. The van der Waals surface area contributed by atoms with Crippen LogP contribution in [0.25, 0.3) is 11.3 Å². The van der Waals surface area contributed by atoms with Gasteiger partial charge in [-0.15, -0.1) is 11.3 Å². The van der Waals surface area contributed by atoms with E-state index >= 15 is 0 Å². The molecule has 1 fully saturated rings. The minimum atomic E-state index is -0.0535. The highest BCUT2D eigenvalue weighted by Crippen LogP contribution is 2.25. The number of nitrogens with one attached hydrogen (secondary N) is 2. The predicted octanol–water partition coefficient (Wildman–Crippen LogP) is 4.08. The Morgan fingerprint density at radius 3 is 2.60 bits per heavy atom. The number of anilines is 1. The van der Waals surface area contributed by atoms with Gasteiger partial charge in [0.15, 0.2) is 5.13 Å². The Bertz CT molecular complexity index is 826. The first kappa shape index (κ1) is 22.4. The van der Waals surface area contributed by atoms with Crippen molar-refractivity contribution in [1.82, 2.24) is 15.2 Å². The van der Waals surface area contributed by atoms with Gasteiger partial charge in [0, 0.05) is 23.4 Å². The number of amides is 2. The number of thiazole rings is 1. The number of benzene rings is 1. The highest BCUT2D eigenvalue weighted by atomic mass is 32.1. The van der Waals surface area contributed by atoms with E-state index in [1.807, 2.05) is 17.5 Å². The van der Waals surface area contributed by atoms with E-state index in [-0.39, 0.29) is 17.7 Å². The number of aromatic nitrogens is 1. The second-order valence-electron chi connectivity index (χ2n) is 8.00. The lowest BCUT2D eigenvalue weighted by Gasteiger charge is -2.30. The van der Waals surface area contributed by atoms with E-state index in [2.05, 4.69) is 46.5 Å². The molecule has 7 heteroatoms. The Balaban J connectivity index is 1.40. The van der Waals surface area contributed by atoms with Crippen LogP contribution in [-0.4, -0.2) is 47.9 Å². The normalized spacial score (nSPS) is 15.1. The number of piperidine rings is 1. The van der Waals surface area contributed by atoms with Gasteiger partial charge in [-0.1, -0.05) is 49.6 Å². The van der Waals surface area contributed by atoms with Crippen molar-refractivity contribution in [3.8, 4) is 11.3 Å². The van der Waals surface area contributed by atoms with Gasteiger partial charge < -0.3 is 10.6 Å². The lowest BCUT2D eigenvalue weighted by Crippen LogP contribution is -2.43. The Kier molecular flexibility index (Phi) is 8.39. The molecule has 2 heterocycles. The average molecular weight is 429 g/mol. The van der Waals surface area contributed by atoms with Crippen molar-refractivity contribution < 1.29 is 9.59 Å². The third-order valence-corrected chi connectivity index (χ3v) is 6.26. The molecule has 0 atom stereocenters. The van der Waals surface area contributed by atoms with Gasteiger partial charge in [-0.05, 0) is 39.3 Å². The number of carbonyl (C=O) groups excluding carboxylic acids is 2. The van der Waals surface area contributed by atoms with Crippen LogP contribution in [0.4, 0.5) is 5.13 Å². The fourth-order valence-electron chi connectivity index (χ4n) is 3.63. The predicted molar refractivity (Wildman–Crippen MR) is 123 cm³/mol. The van der Waals surface area contributed by atoms with Crippen LogP contribution >= 0.6 is 11.3 Å².